The molecular weight excluding hydrogens is 416 g/mol. The lowest BCUT2D eigenvalue weighted by Crippen LogP contribution is -2.42. The van der Waals surface area contributed by atoms with Crippen LogP contribution in [-0.4, -0.2) is 27.9 Å². The fourth-order valence-electron chi connectivity index (χ4n) is 4.80. The van der Waals surface area contributed by atoms with Gasteiger partial charge in [-0.2, -0.15) is 0 Å². The normalized spacial score (nSPS) is 12.9. The summed E-state index contributed by atoms with van der Waals surface area (Å²) in [5.41, 5.74) is 5.81. The molecule has 5 rings (SSSR count). The fraction of sp³-hybridized carbons (Fsp3) is 0.226. The van der Waals surface area contributed by atoms with Gasteiger partial charge in [-0.05, 0) is 37.3 Å². The molecule has 1 aromatic heterocycles. The van der Waals surface area contributed by atoms with Gasteiger partial charge in [0.1, 0.15) is 0 Å². The summed E-state index contributed by atoms with van der Waals surface area (Å²) in [5, 5.41) is 18.2. The topological polar surface area (TPSA) is 37.2 Å². The highest BCUT2D eigenvalue weighted by Gasteiger charge is 2.23. The summed E-state index contributed by atoms with van der Waals surface area (Å²) < 4.78 is 2.34. The Labute approximate surface area is 201 Å². The Morgan fingerprint density at radius 1 is 0.735 bits per heavy atom. The predicted molar refractivity (Wildman–Crippen MR) is 144 cm³/mol. The molecule has 0 radical (unpaired) electrons. The summed E-state index contributed by atoms with van der Waals surface area (Å²) in [6, 6.07) is 34.1. The second-order valence-electron chi connectivity index (χ2n) is 10.0. The van der Waals surface area contributed by atoms with Crippen LogP contribution in [0.5, 0.6) is 0 Å². The molecule has 0 aliphatic carbocycles. The molecule has 0 fully saturated rings. The molecule has 5 aromatic rings. The van der Waals surface area contributed by atoms with Gasteiger partial charge in [0.15, 0.2) is 0 Å². The summed E-state index contributed by atoms with van der Waals surface area (Å²) in [7, 11) is 0. The first-order valence-corrected chi connectivity index (χ1v) is 12.0. The van der Waals surface area contributed by atoms with Crippen LogP contribution in [0.1, 0.15) is 20.8 Å². The number of aromatic nitrogens is 1. The average Bonchev–Trinajstić information content (AvgIpc) is 3.18. The monoisotopic (exact) mass is 448 g/mol. The molecule has 1 atom stereocenters. The van der Waals surface area contributed by atoms with Gasteiger partial charge in [-0.1, -0.05) is 97.1 Å². The third kappa shape index (κ3) is 4.37. The van der Waals surface area contributed by atoms with Gasteiger partial charge in [0.05, 0.1) is 23.9 Å². The van der Waals surface area contributed by atoms with Crippen LogP contribution >= 0.6 is 0 Å². The highest BCUT2D eigenvalue weighted by molar-refractivity contribution is 6.15. The lowest BCUT2D eigenvalue weighted by molar-refractivity contribution is 0.144. The summed E-state index contributed by atoms with van der Waals surface area (Å²) in [6.07, 6.45) is -0.528. The van der Waals surface area contributed by atoms with E-state index in [1.807, 2.05) is 0 Å². The molecule has 34 heavy (non-hydrogen) atoms. The SMILES string of the molecule is CC(C)(C)NCC(O)Cn1c(-c2ccccc2)c(-c2ccccc2)c2ccc3ccccc3c21. The number of hydrogen-bond donors (Lipinski definition) is 2. The van der Waals surface area contributed by atoms with Crippen LogP contribution < -0.4 is 5.32 Å². The van der Waals surface area contributed by atoms with Crippen molar-refractivity contribution in [2.75, 3.05) is 6.54 Å². The molecule has 0 saturated carbocycles. The Balaban J connectivity index is 1.81. The number of rotatable bonds is 6. The van der Waals surface area contributed by atoms with E-state index in [1.165, 1.54) is 32.8 Å². The largest absolute Gasteiger partial charge is 0.390 e. The Bertz CT molecular complexity index is 1410. The quantitative estimate of drug-likeness (QED) is 0.297. The first kappa shape index (κ1) is 22.4. The van der Waals surface area contributed by atoms with Crippen LogP contribution in [0, 0.1) is 0 Å². The molecule has 0 aliphatic heterocycles. The van der Waals surface area contributed by atoms with E-state index in [0.717, 1.165) is 11.3 Å². The molecule has 0 saturated heterocycles. The number of fused-ring (bicyclic) bond motifs is 3. The highest BCUT2D eigenvalue weighted by atomic mass is 16.3. The maximum absolute atomic E-state index is 11.2. The lowest BCUT2D eigenvalue weighted by Gasteiger charge is -2.24. The van der Waals surface area contributed by atoms with E-state index in [4.69, 9.17) is 0 Å². The molecule has 2 N–H and O–H groups in total. The summed E-state index contributed by atoms with van der Waals surface area (Å²) in [4.78, 5) is 0. The van der Waals surface area contributed by atoms with Gasteiger partial charge in [0.25, 0.3) is 0 Å². The van der Waals surface area contributed by atoms with E-state index in [0.29, 0.717) is 13.1 Å². The van der Waals surface area contributed by atoms with E-state index >= 15 is 0 Å². The zero-order chi connectivity index (χ0) is 23.7. The zero-order valence-electron chi connectivity index (χ0n) is 20.1. The number of nitrogens with one attached hydrogen (secondary N) is 1. The van der Waals surface area contributed by atoms with Crippen molar-refractivity contribution in [2.24, 2.45) is 0 Å². The van der Waals surface area contributed by atoms with Crippen molar-refractivity contribution in [1.29, 1.82) is 0 Å². The molecule has 3 nitrogen and oxygen atoms in total. The molecule has 1 unspecified atom stereocenters. The first-order valence-electron chi connectivity index (χ1n) is 12.0. The molecule has 3 heteroatoms. The maximum Gasteiger partial charge on any atom is 0.0843 e. The van der Waals surface area contributed by atoms with Crippen molar-refractivity contribution in [3.63, 3.8) is 0 Å². The van der Waals surface area contributed by atoms with Crippen molar-refractivity contribution < 1.29 is 5.11 Å². The molecule has 4 aromatic carbocycles. The maximum atomic E-state index is 11.2. The molecular formula is C31H32N2O. The Morgan fingerprint density at radius 2 is 1.35 bits per heavy atom. The first-order chi connectivity index (χ1) is 16.4. The lowest BCUT2D eigenvalue weighted by atomic mass is 9.97. The van der Waals surface area contributed by atoms with Gasteiger partial charge in [-0.15, -0.1) is 0 Å². The number of aliphatic hydroxyl groups is 1. The number of β-amino-alcohol motifs (C(OH)–C–C–N with tert-alkyl or cyclic N) is 1. The van der Waals surface area contributed by atoms with Crippen LogP contribution in [-0.2, 0) is 6.54 Å². The number of benzene rings is 4. The van der Waals surface area contributed by atoms with Gasteiger partial charge in [-0.25, -0.2) is 0 Å². The molecule has 0 bridgehead atoms. The third-order valence-electron chi connectivity index (χ3n) is 6.32. The number of hydrogen-bond acceptors (Lipinski definition) is 2. The molecule has 0 aliphatic rings. The Kier molecular flexibility index (Phi) is 5.99. The van der Waals surface area contributed by atoms with Gasteiger partial charge in [0.2, 0.25) is 0 Å². The van der Waals surface area contributed by atoms with E-state index in [1.54, 1.807) is 0 Å². The van der Waals surface area contributed by atoms with Crippen molar-refractivity contribution in [2.45, 2.75) is 39.0 Å². The summed E-state index contributed by atoms with van der Waals surface area (Å²) in [5.74, 6) is 0. The average molecular weight is 449 g/mol. The molecule has 172 valence electrons. The van der Waals surface area contributed by atoms with Gasteiger partial charge >= 0.3 is 0 Å². The van der Waals surface area contributed by atoms with E-state index < -0.39 is 6.10 Å². The van der Waals surface area contributed by atoms with Crippen molar-refractivity contribution >= 4 is 21.7 Å². The van der Waals surface area contributed by atoms with Crippen molar-refractivity contribution in [1.82, 2.24) is 9.88 Å². The zero-order valence-corrected chi connectivity index (χ0v) is 20.1. The third-order valence-corrected chi connectivity index (χ3v) is 6.32. The van der Waals surface area contributed by atoms with E-state index in [2.05, 4.69) is 128 Å². The van der Waals surface area contributed by atoms with Gasteiger partial charge in [0, 0.05) is 28.4 Å². The predicted octanol–water partition coefficient (Wildman–Crippen LogP) is 6.88. The van der Waals surface area contributed by atoms with E-state index in [-0.39, 0.29) is 5.54 Å². The van der Waals surface area contributed by atoms with Crippen LogP contribution in [0.2, 0.25) is 0 Å². The fourth-order valence-corrected chi connectivity index (χ4v) is 4.80. The second-order valence-corrected chi connectivity index (χ2v) is 10.0. The standard InChI is InChI=1S/C31H32N2O/c1-31(2,3)32-20-25(34)21-33-29(24-15-8-5-9-16-24)28(23-13-6-4-7-14-23)27-19-18-22-12-10-11-17-26(22)30(27)33/h4-19,25,32,34H,20-21H2,1-3H3. The van der Waals surface area contributed by atoms with Crippen LogP contribution in [0.15, 0.2) is 97.1 Å². The van der Waals surface area contributed by atoms with Crippen LogP contribution in [0.4, 0.5) is 0 Å². The number of nitrogens with zero attached hydrogens (tertiary/aromatic N) is 1. The minimum atomic E-state index is -0.528. The van der Waals surface area contributed by atoms with Crippen molar-refractivity contribution in [3.05, 3.63) is 97.1 Å². The molecule has 0 spiro atoms. The molecule has 0 amide bonds. The second kappa shape index (κ2) is 9.09. The van der Waals surface area contributed by atoms with Crippen LogP contribution in [0.3, 0.4) is 0 Å². The smallest absolute Gasteiger partial charge is 0.0843 e. The van der Waals surface area contributed by atoms with Gasteiger partial charge < -0.3 is 15.0 Å². The van der Waals surface area contributed by atoms with Crippen LogP contribution in [0.25, 0.3) is 44.1 Å². The Hall–Kier alpha value is -3.40. The van der Waals surface area contributed by atoms with E-state index in [9.17, 15) is 5.11 Å². The number of aliphatic hydroxyl groups excluding tert-OH is 1. The molecule has 1 heterocycles. The summed E-state index contributed by atoms with van der Waals surface area (Å²) >= 11 is 0. The Morgan fingerprint density at radius 3 is 2.03 bits per heavy atom. The van der Waals surface area contributed by atoms with Gasteiger partial charge in [-0.3, -0.25) is 0 Å². The summed E-state index contributed by atoms with van der Waals surface area (Å²) in [6.45, 7) is 7.41. The van der Waals surface area contributed by atoms with Crippen molar-refractivity contribution in [3.8, 4) is 22.4 Å². The highest BCUT2D eigenvalue weighted by Crippen LogP contribution is 2.43. The minimum Gasteiger partial charge on any atom is -0.390 e. The minimum absolute atomic E-state index is 0.0517.